The molecule has 0 radical (unpaired) electrons. The van der Waals surface area contributed by atoms with Crippen molar-refractivity contribution in [2.24, 2.45) is 5.41 Å². The molecule has 1 amide bonds. The largest absolute Gasteiger partial charge is 0.372 e. The molecule has 0 saturated carbocycles. The highest BCUT2D eigenvalue weighted by atomic mass is 16.5. The highest BCUT2D eigenvalue weighted by Crippen LogP contribution is 2.32. The van der Waals surface area contributed by atoms with E-state index in [0.717, 1.165) is 12.0 Å². The van der Waals surface area contributed by atoms with Crippen molar-refractivity contribution in [2.75, 3.05) is 13.2 Å². The smallest absolute Gasteiger partial charge is 0.246 e. The summed E-state index contributed by atoms with van der Waals surface area (Å²) < 4.78 is 5.28. The van der Waals surface area contributed by atoms with Crippen LogP contribution in [0.3, 0.4) is 0 Å². The Bertz CT molecular complexity index is 381. The van der Waals surface area contributed by atoms with Crippen molar-refractivity contribution in [3.63, 3.8) is 0 Å². The van der Waals surface area contributed by atoms with Crippen LogP contribution < -0.4 is 5.32 Å². The van der Waals surface area contributed by atoms with E-state index in [-0.39, 0.29) is 24.0 Å². The van der Waals surface area contributed by atoms with Gasteiger partial charge in [0.05, 0.1) is 6.04 Å². The molecule has 106 valence electrons. The summed E-state index contributed by atoms with van der Waals surface area (Å²) >= 11 is 0. The van der Waals surface area contributed by atoms with E-state index in [1.165, 1.54) is 0 Å². The van der Waals surface area contributed by atoms with Gasteiger partial charge < -0.3 is 10.1 Å². The molecule has 1 N–H and O–H groups in total. The Balaban J connectivity index is 2.69. The number of rotatable bonds is 6. The number of amides is 1. The molecular weight excluding hydrogens is 238 g/mol. The first-order valence-electron chi connectivity index (χ1n) is 6.87. The van der Waals surface area contributed by atoms with E-state index in [9.17, 15) is 4.79 Å². The predicted octanol–water partition coefficient (Wildman–Crippen LogP) is 3.32. The zero-order chi connectivity index (χ0) is 14.3. The first-order chi connectivity index (χ1) is 8.95. The average Bonchev–Trinajstić information content (AvgIpc) is 2.36. The van der Waals surface area contributed by atoms with Crippen LogP contribution in [-0.4, -0.2) is 19.1 Å². The zero-order valence-corrected chi connectivity index (χ0v) is 12.4. The van der Waals surface area contributed by atoms with Gasteiger partial charge in [-0.3, -0.25) is 4.79 Å². The SMILES string of the molecule is CCCOCC(=O)NC(c1ccccc1)C(C)(C)C. The normalized spacial score (nSPS) is 13.1. The van der Waals surface area contributed by atoms with Crippen LogP contribution in [0.15, 0.2) is 30.3 Å². The molecule has 3 heteroatoms. The number of carbonyl (C=O) groups is 1. The fourth-order valence-electron chi connectivity index (χ4n) is 1.96. The number of hydrogen-bond acceptors (Lipinski definition) is 2. The van der Waals surface area contributed by atoms with Gasteiger partial charge in [-0.1, -0.05) is 58.0 Å². The maximum Gasteiger partial charge on any atom is 0.246 e. The Hall–Kier alpha value is -1.35. The molecule has 0 aliphatic rings. The fraction of sp³-hybridized carbons (Fsp3) is 0.562. The van der Waals surface area contributed by atoms with Gasteiger partial charge >= 0.3 is 0 Å². The molecule has 1 rings (SSSR count). The minimum absolute atomic E-state index is 0.00794. The Morgan fingerprint density at radius 1 is 1.26 bits per heavy atom. The van der Waals surface area contributed by atoms with Gasteiger partial charge in [-0.2, -0.15) is 0 Å². The quantitative estimate of drug-likeness (QED) is 0.800. The van der Waals surface area contributed by atoms with Crippen LogP contribution in [0.4, 0.5) is 0 Å². The van der Waals surface area contributed by atoms with Gasteiger partial charge in [0.1, 0.15) is 6.61 Å². The summed E-state index contributed by atoms with van der Waals surface area (Å²) in [5.74, 6) is -0.0581. The van der Waals surface area contributed by atoms with Crippen LogP contribution in [0, 0.1) is 5.41 Å². The summed E-state index contributed by atoms with van der Waals surface area (Å²) in [5, 5.41) is 3.07. The molecule has 0 bridgehead atoms. The molecule has 3 nitrogen and oxygen atoms in total. The molecular formula is C16H25NO2. The molecule has 1 unspecified atom stereocenters. The predicted molar refractivity (Wildman–Crippen MR) is 77.9 cm³/mol. The van der Waals surface area contributed by atoms with Crippen molar-refractivity contribution in [3.05, 3.63) is 35.9 Å². The van der Waals surface area contributed by atoms with Crippen LogP contribution in [0.5, 0.6) is 0 Å². The van der Waals surface area contributed by atoms with Gasteiger partial charge in [0.15, 0.2) is 0 Å². The summed E-state index contributed by atoms with van der Waals surface area (Å²) in [7, 11) is 0. The summed E-state index contributed by atoms with van der Waals surface area (Å²) in [6.07, 6.45) is 0.925. The standard InChI is InChI=1S/C16H25NO2/c1-5-11-19-12-14(18)17-15(16(2,3)4)13-9-7-6-8-10-13/h6-10,15H,5,11-12H2,1-4H3,(H,17,18). The molecule has 1 aromatic carbocycles. The van der Waals surface area contributed by atoms with Crippen molar-refractivity contribution in [1.29, 1.82) is 0 Å². The number of carbonyl (C=O) groups excluding carboxylic acids is 1. The molecule has 0 aliphatic heterocycles. The minimum Gasteiger partial charge on any atom is -0.372 e. The third-order valence-electron chi connectivity index (χ3n) is 2.89. The lowest BCUT2D eigenvalue weighted by Crippen LogP contribution is -2.38. The van der Waals surface area contributed by atoms with Crippen molar-refractivity contribution in [1.82, 2.24) is 5.32 Å². The van der Waals surface area contributed by atoms with Gasteiger partial charge in [0, 0.05) is 6.61 Å². The van der Waals surface area contributed by atoms with Gasteiger partial charge in [-0.25, -0.2) is 0 Å². The Labute approximate surface area is 116 Å². The highest BCUT2D eigenvalue weighted by Gasteiger charge is 2.27. The fourth-order valence-corrected chi connectivity index (χ4v) is 1.96. The van der Waals surface area contributed by atoms with E-state index in [2.05, 4.69) is 26.1 Å². The summed E-state index contributed by atoms with van der Waals surface area (Å²) in [6, 6.07) is 10.1. The molecule has 1 atom stereocenters. The first kappa shape index (κ1) is 15.7. The van der Waals surface area contributed by atoms with Crippen LogP contribution in [0.1, 0.15) is 45.7 Å². The molecule has 0 fully saturated rings. The summed E-state index contributed by atoms with van der Waals surface area (Å²) in [6.45, 7) is 9.15. The van der Waals surface area contributed by atoms with Crippen molar-refractivity contribution < 1.29 is 9.53 Å². The Kier molecular flexibility index (Phi) is 6.03. The van der Waals surface area contributed by atoms with Crippen LogP contribution in [0.2, 0.25) is 0 Å². The third kappa shape index (κ3) is 5.43. The second-order valence-electron chi connectivity index (χ2n) is 5.83. The van der Waals surface area contributed by atoms with E-state index >= 15 is 0 Å². The lowest BCUT2D eigenvalue weighted by atomic mass is 9.82. The number of ether oxygens (including phenoxy) is 1. The monoisotopic (exact) mass is 263 g/mol. The number of nitrogens with one attached hydrogen (secondary N) is 1. The number of hydrogen-bond donors (Lipinski definition) is 1. The summed E-state index contributed by atoms with van der Waals surface area (Å²) in [5.41, 5.74) is 1.08. The van der Waals surface area contributed by atoms with Crippen molar-refractivity contribution in [2.45, 2.75) is 40.2 Å². The average molecular weight is 263 g/mol. The minimum atomic E-state index is -0.0581. The van der Waals surface area contributed by atoms with Crippen LogP contribution >= 0.6 is 0 Å². The Morgan fingerprint density at radius 3 is 2.42 bits per heavy atom. The lowest BCUT2D eigenvalue weighted by molar-refractivity contribution is -0.127. The highest BCUT2D eigenvalue weighted by molar-refractivity contribution is 5.77. The maximum absolute atomic E-state index is 11.9. The molecule has 0 spiro atoms. The molecule has 0 aliphatic carbocycles. The molecule has 1 aromatic rings. The van der Waals surface area contributed by atoms with Crippen LogP contribution in [-0.2, 0) is 9.53 Å². The van der Waals surface area contributed by atoms with Gasteiger partial charge in [0.25, 0.3) is 0 Å². The third-order valence-corrected chi connectivity index (χ3v) is 2.89. The molecule has 0 aromatic heterocycles. The molecule has 0 heterocycles. The Morgan fingerprint density at radius 2 is 1.89 bits per heavy atom. The van der Waals surface area contributed by atoms with E-state index < -0.39 is 0 Å². The van der Waals surface area contributed by atoms with E-state index in [1.807, 2.05) is 37.3 Å². The molecule has 19 heavy (non-hydrogen) atoms. The zero-order valence-electron chi connectivity index (χ0n) is 12.4. The second kappa shape index (κ2) is 7.29. The van der Waals surface area contributed by atoms with E-state index in [4.69, 9.17) is 4.74 Å². The van der Waals surface area contributed by atoms with Gasteiger partial charge in [-0.15, -0.1) is 0 Å². The lowest BCUT2D eigenvalue weighted by Gasteiger charge is -2.32. The van der Waals surface area contributed by atoms with Gasteiger partial charge in [-0.05, 0) is 17.4 Å². The van der Waals surface area contributed by atoms with Gasteiger partial charge in [0.2, 0.25) is 5.91 Å². The van der Waals surface area contributed by atoms with E-state index in [0.29, 0.717) is 6.61 Å². The summed E-state index contributed by atoms with van der Waals surface area (Å²) in [4.78, 5) is 11.9. The topological polar surface area (TPSA) is 38.3 Å². The maximum atomic E-state index is 11.9. The first-order valence-corrected chi connectivity index (χ1v) is 6.87. The van der Waals surface area contributed by atoms with Crippen molar-refractivity contribution in [3.8, 4) is 0 Å². The second-order valence-corrected chi connectivity index (χ2v) is 5.83. The molecule has 0 saturated heterocycles. The number of benzene rings is 1. The van der Waals surface area contributed by atoms with E-state index in [1.54, 1.807) is 0 Å². The van der Waals surface area contributed by atoms with Crippen molar-refractivity contribution >= 4 is 5.91 Å². The van der Waals surface area contributed by atoms with Crippen LogP contribution in [0.25, 0.3) is 0 Å².